The van der Waals surface area contributed by atoms with Crippen LogP contribution in [-0.4, -0.2) is 9.38 Å². The molecular formula is C12H7Br2ClN2OS. The van der Waals surface area contributed by atoms with Crippen molar-refractivity contribution in [1.82, 2.24) is 9.38 Å². The molecule has 0 bridgehead atoms. The van der Waals surface area contributed by atoms with E-state index >= 15 is 0 Å². The van der Waals surface area contributed by atoms with Gasteiger partial charge in [0.15, 0.2) is 4.96 Å². The van der Waals surface area contributed by atoms with E-state index in [1.165, 1.54) is 0 Å². The SMILES string of the molecule is Clc1ccc(Br)cc1Oc1nc2sccn2c1CBr. The maximum absolute atomic E-state index is 6.12. The molecular weight excluding hydrogens is 415 g/mol. The van der Waals surface area contributed by atoms with Crippen LogP contribution in [0.15, 0.2) is 34.2 Å². The van der Waals surface area contributed by atoms with Crippen molar-refractivity contribution in [3.8, 4) is 11.6 Å². The Morgan fingerprint density at radius 2 is 2.26 bits per heavy atom. The Bertz CT molecular complexity index is 740. The van der Waals surface area contributed by atoms with Gasteiger partial charge in [-0.25, -0.2) is 0 Å². The molecule has 3 aromatic rings. The van der Waals surface area contributed by atoms with Crippen LogP contribution in [0, 0.1) is 0 Å². The molecule has 0 saturated heterocycles. The molecule has 0 saturated carbocycles. The fourth-order valence-electron chi connectivity index (χ4n) is 1.68. The molecule has 0 aliphatic heterocycles. The van der Waals surface area contributed by atoms with Gasteiger partial charge in [-0.15, -0.1) is 11.3 Å². The minimum atomic E-state index is 0.556. The monoisotopic (exact) mass is 420 g/mol. The molecule has 2 heterocycles. The lowest BCUT2D eigenvalue weighted by molar-refractivity contribution is 0.462. The van der Waals surface area contributed by atoms with E-state index in [9.17, 15) is 0 Å². The highest BCUT2D eigenvalue weighted by molar-refractivity contribution is 9.10. The van der Waals surface area contributed by atoms with Gasteiger partial charge < -0.3 is 4.74 Å². The highest BCUT2D eigenvalue weighted by Gasteiger charge is 2.15. The van der Waals surface area contributed by atoms with Crippen molar-refractivity contribution in [2.75, 3.05) is 0 Å². The summed E-state index contributed by atoms with van der Waals surface area (Å²) in [5.74, 6) is 1.16. The Hall–Kier alpha value is -0.560. The van der Waals surface area contributed by atoms with Crippen LogP contribution < -0.4 is 4.74 Å². The maximum Gasteiger partial charge on any atom is 0.243 e. The van der Waals surface area contributed by atoms with Gasteiger partial charge in [0, 0.05) is 21.4 Å². The minimum Gasteiger partial charge on any atom is -0.436 e. The first-order chi connectivity index (χ1) is 9.19. The molecule has 0 radical (unpaired) electrons. The zero-order valence-corrected chi connectivity index (χ0v) is 14.2. The summed E-state index contributed by atoms with van der Waals surface area (Å²) in [4.78, 5) is 5.36. The lowest BCUT2D eigenvalue weighted by Gasteiger charge is -2.06. The van der Waals surface area contributed by atoms with Crippen molar-refractivity contribution < 1.29 is 4.74 Å². The smallest absolute Gasteiger partial charge is 0.243 e. The van der Waals surface area contributed by atoms with Gasteiger partial charge in [-0.05, 0) is 18.2 Å². The number of rotatable bonds is 3. The van der Waals surface area contributed by atoms with E-state index in [2.05, 4.69) is 36.8 Å². The number of halogens is 3. The third-order valence-corrected chi connectivity index (χ3v) is 4.64. The van der Waals surface area contributed by atoms with Gasteiger partial charge in [0.2, 0.25) is 5.88 Å². The molecule has 0 atom stereocenters. The molecule has 0 unspecified atom stereocenters. The summed E-state index contributed by atoms with van der Waals surface area (Å²) >= 11 is 14.6. The number of aromatic nitrogens is 2. The lowest BCUT2D eigenvalue weighted by Crippen LogP contribution is -1.91. The second kappa shape index (κ2) is 5.44. The van der Waals surface area contributed by atoms with Gasteiger partial charge in [-0.2, -0.15) is 4.98 Å². The van der Waals surface area contributed by atoms with Gasteiger partial charge in [-0.1, -0.05) is 43.5 Å². The van der Waals surface area contributed by atoms with Crippen molar-refractivity contribution in [3.63, 3.8) is 0 Å². The van der Waals surface area contributed by atoms with E-state index in [-0.39, 0.29) is 0 Å². The molecule has 0 amide bonds. The molecule has 0 aliphatic carbocycles. The van der Waals surface area contributed by atoms with Crippen LogP contribution in [0.2, 0.25) is 5.02 Å². The van der Waals surface area contributed by atoms with Gasteiger partial charge in [0.05, 0.1) is 10.7 Å². The van der Waals surface area contributed by atoms with E-state index in [1.807, 2.05) is 28.1 Å². The fourth-order valence-corrected chi connectivity index (χ4v) is 3.41. The molecule has 0 spiro atoms. The van der Waals surface area contributed by atoms with Gasteiger partial charge in [0.1, 0.15) is 5.75 Å². The molecule has 19 heavy (non-hydrogen) atoms. The molecule has 2 aromatic heterocycles. The van der Waals surface area contributed by atoms with Crippen LogP contribution in [-0.2, 0) is 5.33 Å². The van der Waals surface area contributed by atoms with Crippen molar-refractivity contribution in [2.24, 2.45) is 0 Å². The summed E-state index contributed by atoms with van der Waals surface area (Å²) in [5, 5.41) is 3.20. The first-order valence-corrected chi connectivity index (χ1v) is 8.49. The molecule has 98 valence electrons. The molecule has 0 aliphatic rings. The quantitative estimate of drug-likeness (QED) is 0.521. The number of hydrogen-bond acceptors (Lipinski definition) is 3. The van der Waals surface area contributed by atoms with E-state index < -0.39 is 0 Å². The van der Waals surface area contributed by atoms with E-state index in [0.29, 0.717) is 22.0 Å². The largest absolute Gasteiger partial charge is 0.436 e. The number of thiazole rings is 1. The summed E-state index contributed by atoms with van der Waals surface area (Å²) < 4.78 is 8.75. The highest BCUT2D eigenvalue weighted by Crippen LogP contribution is 2.34. The van der Waals surface area contributed by atoms with Gasteiger partial charge in [-0.3, -0.25) is 4.40 Å². The van der Waals surface area contributed by atoms with Crippen molar-refractivity contribution in [1.29, 1.82) is 0 Å². The Kier molecular flexibility index (Phi) is 3.84. The topological polar surface area (TPSA) is 26.5 Å². The molecule has 3 rings (SSSR count). The molecule has 0 fully saturated rings. The van der Waals surface area contributed by atoms with Gasteiger partial charge in [0.25, 0.3) is 0 Å². The molecule has 7 heteroatoms. The zero-order chi connectivity index (χ0) is 13.4. The van der Waals surface area contributed by atoms with Crippen LogP contribution in [0.25, 0.3) is 4.96 Å². The Balaban J connectivity index is 2.05. The van der Waals surface area contributed by atoms with Crippen molar-refractivity contribution in [2.45, 2.75) is 5.33 Å². The van der Waals surface area contributed by atoms with E-state index in [1.54, 1.807) is 17.4 Å². The number of alkyl halides is 1. The maximum atomic E-state index is 6.12. The van der Waals surface area contributed by atoms with Crippen molar-refractivity contribution >= 4 is 59.8 Å². The number of imidazole rings is 1. The summed E-state index contributed by atoms with van der Waals surface area (Å²) in [7, 11) is 0. The number of fused-ring (bicyclic) bond motifs is 1. The lowest BCUT2D eigenvalue weighted by atomic mass is 10.3. The van der Waals surface area contributed by atoms with Crippen molar-refractivity contribution in [3.05, 3.63) is 45.0 Å². The Labute approximate surface area is 135 Å². The zero-order valence-electron chi connectivity index (χ0n) is 9.44. The Morgan fingerprint density at radius 3 is 3.05 bits per heavy atom. The van der Waals surface area contributed by atoms with Crippen LogP contribution in [0.4, 0.5) is 0 Å². The molecule has 0 N–H and O–H groups in total. The number of hydrogen-bond donors (Lipinski definition) is 0. The summed E-state index contributed by atoms with van der Waals surface area (Å²) in [5.41, 5.74) is 0.965. The second-order valence-corrected chi connectivity index (χ2v) is 6.49. The summed E-state index contributed by atoms with van der Waals surface area (Å²) in [6.45, 7) is 0. The summed E-state index contributed by atoms with van der Waals surface area (Å²) in [6, 6.07) is 5.48. The second-order valence-electron chi connectivity index (χ2n) is 3.73. The predicted molar refractivity (Wildman–Crippen MR) is 84.9 cm³/mol. The third kappa shape index (κ3) is 2.54. The first kappa shape index (κ1) is 13.4. The number of benzene rings is 1. The summed E-state index contributed by atoms with van der Waals surface area (Å²) in [6.07, 6.45) is 1.97. The van der Waals surface area contributed by atoms with E-state index in [0.717, 1.165) is 15.1 Å². The highest BCUT2D eigenvalue weighted by atomic mass is 79.9. The number of ether oxygens (including phenoxy) is 1. The fraction of sp³-hybridized carbons (Fsp3) is 0.0833. The number of nitrogens with zero attached hydrogens (tertiary/aromatic N) is 2. The first-order valence-electron chi connectivity index (χ1n) is 5.32. The standard InChI is InChI=1S/C12H7Br2ClN2OS/c13-6-9-11(16-12-17(9)3-4-19-12)18-10-5-7(14)1-2-8(10)15/h1-5H,6H2. The van der Waals surface area contributed by atoms with Gasteiger partial charge >= 0.3 is 0 Å². The van der Waals surface area contributed by atoms with Crippen LogP contribution >= 0.6 is 54.8 Å². The average Bonchev–Trinajstić information content (AvgIpc) is 2.94. The molecule has 3 nitrogen and oxygen atoms in total. The predicted octanol–water partition coefficient (Wildman–Crippen LogP) is 5.50. The van der Waals surface area contributed by atoms with Crippen LogP contribution in [0.5, 0.6) is 11.6 Å². The third-order valence-electron chi connectivity index (χ3n) is 2.55. The van der Waals surface area contributed by atoms with Crippen LogP contribution in [0.3, 0.4) is 0 Å². The Morgan fingerprint density at radius 1 is 1.42 bits per heavy atom. The average molecular weight is 423 g/mol. The molecule has 1 aromatic carbocycles. The normalized spacial score (nSPS) is 11.1. The van der Waals surface area contributed by atoms with Crippen LogP contribution in [0.1, 0.15) is 5.69 Å². The minimum absolute atomic E-state index is 0.556. The van der Waals surface area contributed by atoms with E-state index in [4.69, 9.17) is 16.3 Å².